The summed E-state index contributed by atoms with van der Waals surface area (Å²) in [5, 5.41) is 2.78. The summed E-state index contributed by atoms with van der Waals surface area (Å²) >= 11 is 0. The Bertz CT molecular complexity index is 865. The molecule has 0 radical (unpaired) electrons. The molecule has 2 aromatic rings. The molecule has 146 valence electrons. The van der Waals surface area contributed by atoms with Gasteiger partial charge in [0.2, 0.25) is 10.0 Å². The maximum absolute atomic E-state index is 12.3. The third-order valence-electron chi connectivity index (χ3n) is 3.83. The van der Waals surface area contributed by atoms with E-state index in [9.17, 15) is 13.2 Å². The van der Waals surface area contributed by atoms with Crippen LogP contribution in [0.1, 0.15) is 25.0 Å². The van der Waals surface area contributed by atoms with Crippen molar-refractivity contribution in [3.63, 3.8) is 0 Å². The van der Waals surface area contributed by atoms with Gasteiger partial charge in [0.1, 0.15) is 5.75 Å². The van der Waals surface area contributed by atoms with E-state index in [-0.39, 0.29) is 23.3 Å². The summed E-state index contributed by atoms with van der Waals surface area (Å²) in [6.45, 7) is 6.30. The summed E-state index contributed by atoms with van der Waals surface area (Å²) in [4.78, 5) is 12.1. The number of hydrogen-bond acceptors (Lipinski definition) is 4. The highest BCUT2D eigenvalue weighted by molar-refractivity contribution is 7.89. The van der Waals surface area contributed by atoms with Gasteiger partial charge >= 0.3 is 0 Å². The molecule has 0 heterocycles. The number of aryl methyl sites for hydroxylation is 1. The van der Waals surface area contributed by atoms with Crippen molar-refractivity contribution in [2.45, 2.75) is 32.2 Å². The summed E-state index contributed by atoms with van der Waals surface area (Å²) in [6.07, 6.45) is 0. The second kappa shape index (κ2) is 9.53. The van der Waals surface area contributed by atoms with E-state index in [4.69, 9.17) is 4.74 Å². The van der Waals surface area contributed by atoms with Crippen molar-refractivity contribution in [3.8, 4) is 5.75 Å². The van der Waals surface area contributed by atoms with Crippen molar-refractivity contribution < 1.29 is 17.9 Å². The highest BCUT2D eigenvalue weighted by atomic mass is 32.2. The number of nitrogens with one attached hydrogen (secondary N) is 2. The fourth-order valence-electron chi connectivity index (χ4n) is 2.30. The first-order valence-electron chi connectivity index (χ1n) is 8.81. The Morgan fingerprint density at radius 3 is 2.44 bits per heavy atom. The molecule has 2 N–H and O–H groups in total. The number of carbonyl (C=O) groups is 1. The van der Waals surface area contributed by atoms with Gasteiger partial charge in [0.25, 0.3) is 5.91 Å². The molecule has 0 aliphatic rings. The first kappa shape index (κ1) is 20.9. The Balaban J connectivity index is 1.91. The molecule has 0 aliphatic heterocycles. The van der Waals surface area contributed by atoms with Gasteiger partial charge in [-0.05, 0) is 42.2 Å². The molecule has 0 fully saturated rings. The van der Waals surface area contributed by atoms with Crippen molar-refractivity contribution in [2.24, 2.45) is 5.92 Å². The maximum Gasteiger partial charge on any atom is 0.258 e. The smallest absolute Gasteiger partial charge is 0.258 e. The molecule has 0 unspecified atom stereocenters. The Morgan fingerprint density at radius 2 is 1.81 bits per heavy atom. The predicted molar refractivity (Wildman–Crippen MR) is 105 cm³/mol. The predicted octanol–water partition coefficient (Wildman–Crippen LogP) is 2.62. The minimum absolute atomic E-state index is 0.134. The monoisotopic (exact) mass is 390 g/mol. The van der Waals surface area contributed by atoms with Gasteiger partial charge in [0, 0.05) is 13.1 Å². The Kier molecular flexibility index (Phi) is 7.38. The molecule has 6 nitrogen and oxygen atoms in total. The molecule has 0 aromatic heterocycles. The van der Waals surface area contributed by atoms with Crippen LogP contribution in [-0.4, -0.2) is 27.5 Å². The summed E-state index contributed by atoms with van der Waals surface area (Å²) in [5.41, 5.74) is 1.66. The lowest BCUT2D eigenvalue weighted by molar-refractivity contribution is -0.123. The zero-order valence-electron chi connectivity index (χ0n) is 15.9. The second-order valence-electron chi connectivity index (χ2n) is 6.72. The van der Waals surface area contributed by atoms with E-state index in [0.29, 0.717) is 24.4 Å². The minimum atomic E-state index is -3.55. The standard InChI is InChI=1S/C20H26N2O4S/c1-15(2)12-22-27(24,25)18-9-10-19(16(3)11-18)26-14-20(23)21-13-17-7-5-4-6-8-17/h4-11,15,22H,12-14H2,1-3H3,(H,21,23). The maximum atomic E-state index is 12.3. The van der Waals surface area contributed by atoms with Crippen molar-refractivity contribution in [1.82, 2.24) is 10.0 Å². The summed E-state index contributed by atoms with van der Waals surface area (Å²) in [5.74, 6) is 0.457. The van der Waals surface area contributed by atoms with E-state index >= 15 is 0 Å². The molecule has 2 rings (SSSR count). The van der Waals surface area contributed by atoms with Crippen LogP contribution >= 0.6 is 0 Å². The van der Waals surface area contributed by atoms with Crippen molar-refractivity contribution in [1.29, 1.82) is 0 Å². The average molecular weight is 391 g/mol. The molecule has 1 amide bonds. The lowest BCUT2D eigenvalue weighted by Crippen LogP contribution is -2.28. The number of hydrogen-bond donors (Lipinski definition) is 2. The lowest BCUT2D eigenvalue weighted by Gasteiger charge is -2.12. The van der Waals surface area contributed by atoms with Gasteiger partial charge in [0.05, 0.1) is 4.90 Å². The van der Waals surface area contributed by atoms with Crippen LogP contribution in [0.3, 0.4) is 0 Å². The normalized spacial score (nSPS) is 11.4. The van der Waals surface area contributed by atoms with Gasteiger partial charge in [0.15, 0.2) is 6.61 Å². The molecule has 0 saturated carbocycles. The molecule has 0 saturated heterocycles. The van der Waals surface area contributed by atoms with E-state index in [1.54, 1.807) is 19.1 Å². The highest BCUT2D eigenvalue weighted by Crippen LogP contribution is 2.21. The van der Waals surface area contributed by atoms with Crippen molar-refractivity contribution in [2.75, 3.05) is 13.2 Å². The van der Waals surface area contributed by atoms with Crippen LogP contribution in [0.5, 0.6) is 5.75 Å². The Morgan fingerprint density at radius 1 is 1.11 bits per heavy atom. The molecule has 0 spiro atoms. The van der Waals surface area contributed by atoms with Crippen LogP contribution in [0.25, 0.3) is 0 Å². The van der Waals surface area contributed by atoms with Crippen LogP contribution in [0.15, 0.2) is 53.4 Å². The number of carbonyl (C=O) groups excluding carboxylic acids is 1. The van der Waals surface area contributed by atoms with E-state index in [2.05, 4.69) is 10.0 Å². The zero-order chi connectivity index (χ0) is 19.9. The largest absolute Gasteiger partial charge is 0.484 e. The van der Waals surface area contributed by atoms with Gasteiger partial charge in [-0.1, -0.05) is 44.2 Å². The van der Waals surface area contributed by atoms with Gasteiger partial charge < -0.3 is 10.1 Å². The number of benzene rings is 2. The van der Waals surface area contributed by atoms with Gasteiger partial charge in [-0.2, -0.15) is 0 Å². The SMILES string of the molecule is Cc1cc(S(=O)(=O)NCC(C)C)ccc1OCC(=O)NCc1ccccc1. The summed E-state index contributed by atoms with van der Waals surface area (Å²) in [6, 6.07) is 14.2. The van der Waals surface area contributed by atoms with E-state index < -0.39 is 10.0 Å². The van der Waals surface area contributed by atoms with Crippen molar-refractivity contribution in [3.05, 3.63) is 59.7 Å². The molecular weight excluding hydrogens is 364 g/mol. The number of sulfonamides is 1. The molecule has 7 heteroatoms. The van der Waals surface area contributed by atoms with Crippen LogP contribution in [0.2, 0.25) is 0 Å². The highest BCUT2D eigenvalue weighted by Gasteiger charge is 2.16. The number of amides is 1. The summed E-state index contributed by atoms with van der Waals surface area (Å²) < 4.78 is 32.6. The van der Waals surface area contributed by atoms with Gasteiger partial charge in [-0.25, -0.2) is 13.1 Å². The summed E-state index contributed by atoms with van der Waals surface area (Å²) in [7, 11) is -3.55. The molecule has 0 aliphatic carbocycles. The molecular formula is C20H26N2O4S. The first-order valence-corrected chi connectivity index (χ1v) is 10.3. The Labute approximate surface area is 161 Å². The third kappa shape index (κ3) is 6.69. The Hall–Kier alpha value is -2.38. The molecule has 0 atom stereocenters. The topological polar surface area (TPSA) is 84.5 Å². The van der Waals surface area contributed by atoms with E-state index in [1.165, 1.54) is 6.07 Å². The third-order valence-corrected chi connectivity index (χ3v) is 5.25. The van der Waals surface area contributed by atoms with Gasteiger partial charge in [-0.15, -0.1) is 0 Å². The van der Waals surface area contributed by atoms with E-state index in [0.717, 1.165) is 5.56 Å². The van der Waals surface area contributed by atoms with Crippen LogP contribution in [-0.2, 0) is 21.4 Å². The number of rotatable bonds is 9. The van der Waals surface area contributed by atoms with E-state index in [1.807, 2.05) is 44.2 Å². The molecule has 27 heavy (non-hydrogen) atoms. The second-order valence-corrected chi connectivity index (χ2v) is 8.49. The number of ether oxygens (including phenoxy) is 1. The van der Waals surface area contributed by atoms with Crippen LogP contribution in [0.4, 0.5) is 0 Å². The average Bonchev–Trinajstić information content (AvgIpc) is 2.64. The lowest BCUT2D eigenvalue weighted by atomic mass is 10.2. The molecule has 0 bridgehead atoms. The zero-order valence-corrected chi connectivity index (χ0v) is 16.7. The van der Waals surface area contributed by atoms with Crippen molar-refractivity contribution >= 4 is 15.9 Å². The molecule has 2 aromatic carbocycles. The first-order chi connectivity index (χ1) is 12.8. The minimum Gasteiger partial charge on any atom is -0.484 e. The fraction of sp³-hybridized carbons (Fsp3) is 0.350. The van der Waals surface area contributed by atoms with Crippen LogP contribution < -0.4 is 14.8 Å². The fourth-order valence-corrected chi connectivity index (χ4v) is 3.60. The van der Waals surface area contributed by atoms with Gasteiger partial charge in [-0.3, -0.25) is 4.79 Å². The quantitative estimate of drug-likeness (QED) is 0.689. The van der Waals surface area contributed by atoms with Crippen LogP contribution in [0, 0.1) is 12.8 Å².